The van der Waals surface area contributed by atoms with Crippen molar-refractivity contribution in [1.82, 2.24) is 19.7 Å². The minimum Gasteiger partial charge on any atom is -0.361 e. The van der Waals surface area contributed by atoms with Crippen LogP contribution in [0.3, 0.4) is 0 Å². The van der Waals surface area contributed by atoms with Gasteiger partial charge in [0.1, 0.15) is 5.65 Å². The summed E-state index contributed by atoms with van der Waals surface area (Å²) in [7, 11) is 0. The Labute approximate surface area is 145 Å². The second kappa shape index (κ2) is 6.81. The number of para-hydroxylation sites is 1. The number of H-pyrrole nitrogens is 1. The third kappa shape index (κ3) is 3.40. The van der Waals surface area contributed by atoms with Gasteiger partial charge in [0, 0.05) is 48.9 Å². The Balaban J connectivity index is 1.27. The van der Waals surface area contributed by atoms with Crippen molar-refractivity contribution in [1.29, 1.82) is 0 Å². The number of carbonyl (C=O) groups excluding carboxylic acids is 1. The number of nitrogens with one attached hydrogen (secondary N) is 2. The van der Waals surface area contributed by atoms with Gasteiger partial charge in [0.15, 0.2) is 0 Å². The van der Waals surface area contributed by atoms with E-state index in [2.05, 4.69) is 21.4 Å². The topological polar surface area (TPSA) is 62.2 Å². The van der Waals surface area contributed by atoms with Crippen LogP contribution in [-0.4, -0.2) is 26.8 Å². The molecule has 0 saturated heterocycles. The Morgan fingerprint density at radius 2 is 2.00 bits per heavy atom. The fraction of sp³-hybridized carbons (Fsp3) is 0.200. The number of benzene rings is 1. The summed E-state index contributed by atoms with van der Waals surface area (Å²) >= 11 is 0. The Bertz CT molecular complexity index is 982. The molecule has 5 nitrogen and oxygen atoms in total. The number of nitrogens with zero attached hydrogens (tertiary/aromatic N) is 2. The van der Waals surface area contributed by atoms with Gasteiger partial charge >= 0.3 is 0 Å². The fourth-order valence-electron chi connectivity index (χ4n) is 3.11. The van der Waals surface area contributed by atoms with Crippen LogP contribution in [0.2, 0.25) is 0 Å². The molecule has 3 heterocycles. The van der Waals surface area contributed by atoms with Gasteiger partial charge in [-0.1, -0.05) is 24.3 Å². The third-order valence-corrected chi connectivity index (χ3v) is 4.41. The Morgan fingerprint density at radius 3 is 2.92 bits per heavy atom. The first-order valence-electron chi connectivity index (χ1n) is 8.54. The van der Waals surface area contributed by atoms with Gasteiger partial charge in [-0.25, -0.2) is 4.98 Å². The van der Waals surface area contributed by atoms with Crippen LogP contribution in [0, 0.1) is 0 Å². The summed E-state index contributed by atoms with van der Waals surface area (Å²) in [5, 5.41) is 4.18. The Hall–Kier alpha value is -3.08. The van der Waals surface area contributed by atoms with Crippen LogP contribution in [0.5, 0.6) is 0 Å². The van der Waals surface area contributed by atoms with Crippen LogP contribution in [0.25, 0.3) is 16.6 Å². The maximum absolute atomic E-state index is 12.1. The molecule has 0 unspecified atom stereocenters. The van der Waals surface area contributed by atoms with Crippen molar-refractivity contribution < 1.29 is 4.79 Å². The van der Waals surface area contributed by atoms with E-state index in [1.165, 1.54) is 10.9 Å². The summed E-state index contributed by atoms with van der Waals surface area (Å²) in [5.41, 5.74) is 4.22. The predicted octanol–water partition coefficient (Wildman–Crippen LogP) is 3.11. The van der Waals surface area contributed by atoms with Crippen LogP contribution in [0.4, 0.5) is 0 Å². The number of carbonyl (C=O) groups is 1. The van der Waals surface area contributed by atoms with Gasteiger partial charge in [-0.3, -0.25) is 4.79 Å². The van der Waals surface area contributed by atoms with E-state index in [0.29, 0.717) is 13.0 Å². The zero-order valence-corrected chi connectivity index (χ0v) is 13.9. The van der Waals surface area contributed by atoms with Gasteiger partial charge in [-0.05, 0) is 30.2 Å². The molecular formula is C20H20N4O. The van der Waals surface area contributed by atoms with E-state index in [1.54, 1.807) is 0 Å². The lowest BCUT2D eigenvalue weighted by Gasteiger charge is -2.03. The predicted molar refractivity (Wildman–Crippen MR) is 98.5 cm³/mol. The first-order chi connectivity index (χ1) is 12.3. The lowest BCUT2D eigenvalue weighted by atomic mass is 10.1. The molecule has 0 fully saturated rings. The molecule has 0 saturated carbocycles. The van der Waals surface area contributed by atoms with Gasteiger partial charge in [-0.15, -0.1) is 0 Å². The van der Waals surface area contributed by atoms with Crippen molar-refractivity contribution in [3.05, 3.63) is 72.3 Å². The number of hydrogen-bond acceptors (Lipinski definition) is 2. The molecule has 0 bridgehead atoms. The smallest absolute Gasteiger partial charge is 0.220 e. The Morgan fingerprint density at radius 1 is 1.12 bits per heavy atom. The lowest BCUT2D eigenvalue weighted by Crippen LogP contribution is -2.25. The van der Waals surface area contributed by atoms with Crippen molar-refractivity contribution in [3.8, 4) is 0 Å². The standard InChI is InChI=1S/C20H20N4O/c25-20(9-8-15-13-22-18-6-2-1-5-17(15)18)21-11-10-16-14-24-12-4-3-7-19(24)23-16/h1-7,12-14,22H,8-11H2,(H,21,25). The van der Waals surface area contributed by atoms with Crippen molar-refractivity contribution in [3.63, 3.8) is 0 Å². The second-order valence-electron chi connectivity index (χ2n) is 6.16. The highest BCUT2D eigenvalue weighted by Gasteiger charge is 2.07. The summed E-state index contributed by atoms with van der Waals surface area (Å²) in [6.45, 7) is 0.608. The minimum atomic E-state index is 0.0778. The highest BCUT2D eigenvalue weighted by Crippen LogP contribution is 2.18. The monoisotopic (exact) mass is 332 g/mol. The molecule has 5 heteroatoms. The normalized spacial score (nSPS) is 11.2. The maximum atomic E-state index is 12.1. The lowest BCUT2D eigenvalue weighted by molar-refractivity contribution is -0.121. The van der Waals surface area contributed by atoms with E-state index in [0.717, 1.165) is 29.7 Å². The molecule has 3 aromatic heterocycles. The SMILES string of the molecule is O=C(CCc1c[nH]c2ccccc12)NCCc1cn2ccccc2n1. The quantitative estimate of drug-likeness (QED) is 0.570. The summed E-state index contributed by atoms with van der Waals surface area (Å²) in [6, 6.07) is 14.1. The summed E-state index contributed by atoms with van der Waals surface area (Å²) < 4.78 is 1.99. The Kier molecular flexibility index (Phi) is 4.21. The van der Waals surface area contributed by atoms with E-state index < -0.39 is 0 Å². The molecule has 1 aromatic carbocycles. The first kappa shape index (κ1) is 15.4. The first-order valence-corrected chi connectivity index (χ1v) is 8.54. The average Bonchev–Trinajstić information content (AvgIpc) is 3.23. The molecule has 0 aliphatic carbocycles. The molecule has 0 spiro atoms. The average molecular weight is 332 g/mol. The van der Waals surface area contributed by atoms with E-state index in [4.69, 9.17) is 0 Å². The second-order valence-corrected chi connectivity index (χ2v) is 6.16. The van der Waals surface area contributed by atoms with Crippen LogP contribution in [0.1, 0.15) is 17.7 Å². The van der Waals surface area contributed by atoms with E-state index in [1.807, 2.05) is 59.4 Å². The van der Waals surface area contributed by atoms with Gasteiger partial charge in [0.2, 0.25) is 5.91 Å². The number of amides is 1. The summed E-state index contributed by atoms with van der Waals surface area (Å²) in [5.74, 6) is 0.0778. The van der Waals surface area contributed by atoms with Gasteiger partial charge in [-0.2, -0.15) is 0 Å². The van der Waals surface area contributed by atoms with Crippen LogP contribution in [0.15, 0.2) is 61.1 Å². The number of rotatable bonds is 6. The van der Waals surface area contributed by atoms with E-state index >= 15 is 0 Å². The highest BCUT2D eigenvalue weighted by atomic mass is 16.1. The summed E-state index contributed by atoms with van der Waals surface area (Å²) in [6.07, 6.45) is 7.95. The van der Waals surface area contributed by atoms with Crippen molar-refractivity contribution >= 4 is 22.5 Å². The molecule has 126 valence electrons. The molecule has 0 aliphatic heterocycles. The number of aromatic nitrogens is 3. The highest BCUT2D eigenvalue weighted by molar-refractivity contribution is 5.84. The van der Waals surface area contributed by atoms with Crippen molar-refractivity contribution in [2.75, 3.05) is 6.54 Å². The number of aryl methyl sites for hydroxylation is 1. The molecule has 4 rings (SSSR count). The third-order valence-electron chi connectivity index (χ3n) is 4.41. The molecule has 25 heavy (non-hydrogen) atoms. The molecule has 0 radical (unpaired) electrons. The van der Waals surface area contributed by atoms with Gasteiger partial charge in [0.05, 0.1) is 5.69 Å². The van der Waals surface area contributed by atoms with Crippen LogP contribution >= 0.6 is 0 Å². The summed E-state index contributed by atoms with van der Waals surface area (Å²) in [4.78, 5) is 19.9. The zero-order chi connectivity index (χ0) is 17.1. The number of pyridine rings is 1. The number of imidazole rings is 1. The van der Waals surface area contributed by atoms with Gasteiger partial charge < -0.3 is 14.7 Å². The van der Waals surface area contributed by atoms with Crippen molar-refractivity contribution in [2.24, 2.45) is 0 Å². The zero-order valence-electron chi connectivity index (χ0n) is 13.9. The van der Waals surface area contributed by atoms with Gasteiger partial charge in [0.25, 0.3) is 0 Å². The molecular weight excluding hydrogens is 312 g/mol. The molecule has 2 N–H and O–H groups in total. The van der Waals surface area contributed by atoms with Crippen molar-refractivity contribution in [2.45, 2.75) is 19.3 Å². The van der Waals surface area contributed by atoms with Crippen LogP contribution < -0.4 is 5.32 Å². The molecule has 0 aliphatic rings. The number of aromatic amines is 1. The number of fused-ring (bicyclic) bond motifs is 2. The molecule has 0 atom stereocenters. The van der Waals surface area contributed by atoms with E-state index in [-0.39, 0.29) is 5.91 Å². The van der Waals surface area contributed by atoms with E-state index in [9.17, 15) is 4.79 Å². The fourth-order valence-corrected chi connectivity index (χ4v) is 3.11. The molecule has 4 aromatic rings. The number of hydrogen-bond donors (Lipinski definition) is 2. The molecule has 1 amide bonds. The largest absolute Gasteiger partial charge is 0.361 e. The van der Waals surface area contributed by atoms with Crippen LogP contribution in [-0.2, 0) is 17.6 Å². The minimum absolute atomic E-state index is 0.0778. The maximum Gasteiger partial charge on any atom is 0.220 e.